The topological polar surface area (TPSA) is 77.9 Å². The van der Waals surface area contributed by atoms with Crippen LogP contribution in [0.3, 0.4) is 0 Å². The van der Waals surface area contributed by atoms with E-state index < -0.39 is 0 Å². The second kappa shape index (κ2) is 10.3. The Morgan fingerprint density at radius 1 is 0.973 bits per heavy atom. The highest BCUT2D eigenvalue weighted by atomic mass is 32.1. The zero-order valence-corrected chi connectivity index (χ0v) is 21.4. The molecule has 0 radical (unpaired) electrons. The SMILES string of the molecule is COC(=O)c1ccc(-n2cccc2[C@H]2[C@@H](c3ccccn3)NC(=S)N2c2ccc(OC)cc2OC)cc1. The van der Waals surface area contributed by atoms with E-state index in [9.17, 15) is 4.79 Å². The van der Waals surface area contributed by atoms with Gasteiger partial charge in [0.25, 0.3) is 0 Å². The Hall–Kier alpha value is -4.37. The van der Waals surface area contributed by atoms with Crippen LogP contribution in [-0.4, -0.2) is 42.0 Å². The molecule has 3 heterocycles. The Bertz CT molecular complexity index is 1420. The first-order valence-electron chi connectivity index (χ1n) is 11.6. The number of hydrogen-bond donors (Lipinski definition) is 1. The summed E-state index contributed by atoms with van der Waals surface area (Å²) in [4.78, 5) is 18.6. The molecule has 1 saturated heterocycles. The molecule has 1 N–H and O–H groups in total. The molecule has 0 spiro atoms. The molecule has 8 nitrogen and oxygen atoms in total. The summed E-state index contributed by atoms with van der Waals surface area (Å²) >= 11 is 5.88. The number of rotatable bonds is 7. The van der Waals surface area contributed by atoms with E-state index in [4.69, 9.17) is 26.4 Å². The van der Waals surface area contributed by atoms with Crippen LogP contribution in [0.2, 0.25) is 0 Å². The van der Waals surface area contributed by atoms with Crippen LogP contribution in [0.1, 0.15) is 33.8 Å². The summed E-state index contributed by atoms with van der Waals surface area (Å²) in [5.41, 5.74) is 4.02. The van der Waals surface area contributed by atoms with Crippen LogP contribution >= 0.6 is 12.2 Å². The zero-order chi connectivity index (χ0) is 25.9. The third-order valence-electron chi connectivity index (χ3n) is 6.39. The van der Waals surface area contributed by atoms with Gasteiger partial charge in [-0.05, 0) is 72.9 Å². The van der Waals surface area contributed by atoms with Crippen molar-refractivity contribution in [3.05, 3.63) is 102 Å². The van der Waals surface area contributed by atoms with Crippen LogP contribution in [0.15, 0.2) is 85.2 Å². The minimum Gasteiger partial charge on any atom is -0.497 e. The molecule has 0 aliphatic carbocycles. The summed E-state index contributed by atoms with van der Waals surface area (Å²) in [5.74, 6) is 0.943. The molecule has 0 saturated carbocycles. The van der Waals surface area contributed by atoms with Crippen molar-refractivity contribution in [3.8, 4) is 17.2 Å². The van der Waals surface area contributed by atoms with Crippen molar-refractivity contribution in [1.29, 1.82) is 0 Å². The molecular formula is C28H26N4O4S. The fraction of sp³-hybridized carbons (Fsp3) is 0.179. The van der Waals surface area contributed by atoms with Crippen molar-refractivity contribution in [2.24, 2.45) is 0 Å². The van der Waals surface area contributed by atoms with E-state index in [0.29, 0.717) is 22.2 Å². The largest absolute Gasteiger partial charge is 0.497 e. The Morgan fingerprint density at radius 2 is 1.78 bits per heavy atom. The predicted octanol–water partition coefficient (Wildman–Crippen LogP) is 4.85. The third kappa shape index (κ3) is 4.49. The van der Waals surface area contributed by atoms with E-state index in [2.05, 4.69) is 25.8 Å². The molecule has 0 amide bonds. The highest BCUT2D eigenvalue weighted by Gasteiger charge is 2.43. The first kappa shape index (κ1) is 24.3. The number of thiocarbonyl (C=S) groups is 1. The standard InChI is InChI=1S/C28H26N4O4S/c1-34-20-13-14-22(24(17-20)35-2)32-26(25(30-28(32)37)21-7-4-5-15-29-21)23-8-6-16-31(23)19-11-9-18(10-12-19)27(33)36-3/h4-17,25-26H,1-3H3,(H,30,37)/t25-,26+/m1/s1. The summed E-state index contributed by atoms with van der Waals surface area (Å²) in [6.07, 6.45) is 3.76. The Balaban J connectivity index is 1.64. The van der Waals surface area contributed by atoms with Crippen LogP contribution in [0, 0.1) is 0 Å². The number of methoxy groups -OCH3 is 3. The summed E-state index contributed by atoms with van der Waals surface area (Å²) in [7, 11) is 4.62. The highest BCUT2D eigenvalue weighted by Crippen LogP contribution is 2.45. The number of benzene rings is 2. The number of nitrogens with one attached hydrogen (secondary N) is 1. The summed E-state index contributed by atoms with van der Waals surface area (Å²) in [5, 5.41) is 4.03. The lowest BCUT2D eigenvalue weighted by molar-refractivity contribution is 0.0600. The number of nitrogens with zero attached hydrogens (tertiary/aromatic N) is 3. The Kier molecular flexibility index (Phi) is 6.78. The average molecular weight is 515 g/mol. The van der Waals surface area contributed by atoms with Crippen LogP contribution in [0.25, 0.3) is 5.69 Å². The highest BCUT2D eigenvalue weighted by molar-refractivity contribution is 7.80. The minimum absolute atomic E-state index is 0.233. The van der Waals surface area contributed by atoms with Crippen molar-refractivity contribution in [2.75, 3.05) is 26.2 Å². The normalized spacial score (nSPS) is 16.8. The van der Waals surface area contributed by atoms with Gasteiger partial charge in [-0.25, -0.2) is 4.79 Å². The molecule has 9 heteroatoms. The number of aromatic nitrogens is 2. The molecule has 2 atom stereocenters. The fourth-order valence-electron chi connectivity index (χ4n) is 4.64. The zero-order valence-electron chi connectivity index (χ0n) is 20.6. The molecule has 2 aromatic carbocycles. The van der Waals surface area contributed by atoms with Crippen molar-refractivity contribution in [2.45, 2.75) is 12.1 Å². The predicted molar refractivity (Wildman–Crippen MR) is 145 cm³/mol. The Morgan fingerprint density at radius 3 is 2.46 bits per heavy atom. The number of anilines is 1. The van der Waals surface area contributed by atoms with E-state index in [1.165, 1.54) is 7.11 Å². The molecule has 1 aliphatic heterocycles. The number of carbonyl (C=O) groups is 1. The van der Waals surface area contributed by atoms with E-state index in [-0.39, 0.29) is 18.1 Å². The molecule has 188 valence electrons. The number of esters is 1. The van der Waals surface area contributed by atoms with Crippen molar-refractivity contribution in [1.82, 2.24) is 14.9 Å². The fourth-order valence-corrected chi connectivity index (χ4v) is 4.98. The smallest absolute Gasteiger partial charge is 0.337 e. The van der Waals surface area contributed by atoms with Gasteiger partial charge >= 0.3 is 5.97 Å². The average Bonchev–Trinajstić information content (AvgIpc) is 3.57. The lowest BCUT2D eigenvalue weighted by atomic mass is 10.0. The van der Waals surface area contributed by atoms with E-state index in [1.54, 1.807) is 32.5 Å². The van der Waals surface area contributed by atoms with Crippen molar-refractivity contribution in [3.63, 3.8) is 0 Å². The quantitative estimate of drug-likeness (QED) is 0.277. The molecule has 37 heavy (non-hydrogen) atoms. The van der Waals surface area contributed by atoms with Gasteiger partial charge in [-0.15, -0.1) is 0 Å². The van der Waals surface area contributed by atoms with Gasteiger partial charge in [-0.1, -0.05) is 6.07 Å². The summed E-state index contributed by atoms with van der Waals surface area (Å²) < 4.78 is 18.1. The van der Waals surface area contributed by atoms with Gasteiger partial charge < -0.3 is 29.0 Å². The van der Waals surface area contributed by atoms with Gasteiger partial charge in [0.2, 0.25) is 0 Å². The van der Waals surface area contributed by atoms with Crippen molar-refractivity contribution >= 4 is 29.0 Å². The second-order valence-corrected chi connectivity index (χ2v) is 8.76. The first-order chi connectivity index (χ1) is 18.0. The van der Waals surface area contributed by atoms with E-state index >= 15 is 0 Å². The van der Waals surface area contributed by atoms with Crippen LogP contribution in [0.5, 0.6) is 11.5 Å². The maximum absolute atomic E-state index is 11.9. The molecular weight excluding hydrogens is 488 g/mol. The van der Waals surface area contributed by atoms with Gasteiger partial charge in [0.15, 0.2) is 5.11 Å². The second-order valence-electron chi connectivity index (χ2n) is 8.38. The molecule has 5 rings (SSSR count). The lowest BCUT2D eigenvalue weighted by Gasteiger charge is -2.30. The number of pyridine rings is 1. The molecule has 1 aliphatic rings. The number of carbonyl (C=O) groups excluding carboxylic acids is 1. The summed E-state index contributed by atoms with van der Waals surface area (Å²) in [6.45, 7) is 0. The van der Waals surface area contributed by atoms with Gasteiger partial charge in [0.1, 0.15) is 17.5 Å². The van der Waals surface area contributed by atoms with Crippen LogP contribution in [-0.2, 0) is 4.74 Å². The minimum atomic E-state index is -0.377. The van der Waals surface area contributed by atoms with Gasteiger partial charge in [-0.3, -0.25) is 4.98 Å². The summed E-state index contributed by atoms with van der Waals surface area (Å²) in [6, 6.07) is 22.4. The number of ether oxygens (including phenoxy) is 3. The monoisotopic (exact) mass is 514 g/mol. The molecule has 0 unspecified atom stereocenters. The lowest BCUT2D eigenvalue weighted by Crippen LogP contribution is -2.30. The molecule has 0 bridgehead atoms. The van der Waals surface area contributed by atoms with Crippen LogP contribution in [0.4, 0.5) is 5.69 Å². The maximum atomic E-state index is 11.9. The molecule has 2 aromatic heterocycles. The van der Waals surface area contributed by atoms with Crippen LogP contribution < -0.4 is 19.7 Å². The van der Waals surface area contributed by atoms with E-state index in [0.717, 1.165) is 22.8 Å². The van der Waals surface area contributed by atoms with Gasteiger partial charge in [-0.2, -0.15) is 0 Å². The third-order valence-corrected chi connectivity index (χ3v) is 6.71. The van der Waals surface area contributed by atoms with Gasteiger partial charge in [0.05, 0.1) is 44.3 Å². The number of hydrogen-bond acceptors (Lipinski definition) is 6. The van der Waals surface area contributed by atoms with E-state index in [1.807, 2.05) is 60.8 Å². The van der Waals surface area contributed by atoms with Crippen molar-refractivity contribution < 1.29 is 19.0 Å². The Labute approximate surface area is 220 Å². The maximum Gasteiger partial charge on any atom is 0.337 e. The van der Waals surface area contributed by atoms with Gasteiger partial charge in [0, 0.05) is 29.8 Å². The first-order valence-corrected chi connectivity index (χ1v) is 12.0. The molecule has 4 aromatic rings. The molecule has 1 fully saturated rings.